The van der Waals surface area contributed by atoms with Gasteiger partial charge < -0.3 is 0 Å². The average molecular weight is 324 g/mol. The van der Waals surface area contributed by atoms with Crippen LogP contribution in [0.3, 0.4) is 0 Å². The van der Waals surface area contributed by atoms with Crippen LogP contribution in [0, 0.1) is 34.6 Å². The Kier molecular flexibility index (Phi) is 4.13. The Morgan fingerprint density at radius 2 is 1.74 bits per heavy atom. The van der Waals surface area contributed by atoms with Crippen LogP contribution in [0.1, 0.15) is 32.7 Å². The first-order valence-corrected chi connectivity index (χ1v) is 8.36. The van der Waals surface area contributed by atoms with Crippen LogP contribution in [0.25, 0.3) is 10.2 Å². The summed E-state index contributed by atoms with van der Waals surface area (Å²) in [5.74, 6) is 0.760. The third kappa shape index (κ3) is 2.97. The molecule has 0 amide bonds. The molecule has 0 aliphatic carbocycles. The molecule has 0 atom stereocenters. The van der Waals surface area contributed by atoms with E-state index in [0.29, 0.717) is 0 Å². The summed E-state index contributed by atoms with van der Waals surface area (Å²) in [5.41, 5.74) is 9.16. The highest BCUT2D eigenvalue weighted by atomic mass is 32.1. The normalized spacial score (nSPS) is 11.5. The monoisotopic (exact) mass is 324 g/mol. The molecule has 0 fully saturated rings. The predicted octanol–water partition coefficient (Wildman–Crippen LogP) is 4.68. The van der Waals surface area contributed by atoms with E-state index in [0.717, 1.165) is 21.6 Å². The summed E-state index contributed by atoms with van der Waals surface area (Å²) in [6, 6.07) is 4.34. The number of fused-ring (bicyclic) bond motifs is 1. The zero-order chi connectivity index (χ0) is 16.6. The van der Waals surface area contributed by atoms with Crippen molar-refractivity contribution < 1.29 is 0 Å². The van der Waals surface area contributed by atoms with Crippen LogP contribution < -0.4 is 5.43 Å². The Labute approximate surface area is 140 Å². The molecule has 0 aliphatic heterocycles. The standard InChI is InChI=1S/C18H20N4S/c1-10-6-11(2)15(12(3)7-10)8-21-22-17-16-13(4)14(5)23-18(16)20-9-19-17/h6-9H,1-5H3,(H,19,20,22)/b21-8-. The lowest BCUT2D eigenvalue weighted by atomic mass is 10.0. The Balaban J connectivity index is 1.92. The van der Waals surface area contributed by atoms with Crippen LogP contribution in [-0.2, 0) is 0 Å². The number of aromatic nitrogens is 2. The van der Waals surface area contributed by atoms with Gasteiger partial charge in [-0.15, -0.1) is 11.3 Å². The summed E-state index contributed by atoms with van der Waals surface area (Å²) in [6.07, 6.45) is 3.45. The molecule has 0 radical (unpaired) electrons. The van der Waals surface area contributed by atoms with Gasteiger partial charge in [0.05, 0.1) is 11.6 Å². The molecule has 2 aromatic heterocycles. The van der Waals surface area contributed by atoms with Gasteiger partial charge in [0.25, 0.3) is 0 Å². The molecule has 0 bridgehead atoms. The highest BCUT2D eigenvalue weighted by molar-refractivity contribution is 7.18. The first kappa shape index (κ1) is 15.6. The number of rotatable bonds is 3. The molecule has 5 heteroatoms. The fourth-order valence-corrected chi connectivity index (χ4v) is 3.82. The molecule has 118 valence electrons. The molecular weight excluding hydrogens is 304 g/mol. The maximum absolute atomic E-state index is 4.40. The fraction of sp³-hybridized carbons (Fsp3) is 0.278. The van der Waals surface area contributed by atoms with Crippen LogP contribution in [0.15, 0.2) is 23.6 Å². The second-order valence-corrected chi connectivity index (χ2v) is 7.07. The van der Waals surface area contributed by atoms with Crippen molar-refractivity contribution in [2.24, 2.45) is 5.10 Å². The fourth-order valence-electron chi connectivity index (χ4n) is 2.82. The second-order valence-electron chi connectivity index (χ2n) is 5.87. The highest BCUT2D eigenvalue weighted by Crippen LogP contribution is 2.32. The van der Waals surface area contributed by atoms with Crippen LogP contribution in [-0.4, -0.2) is 16.2 Å². The van der Waals surface area contributed by atoms with Gasteiger partial charge in [-0.1, -0.05) is 17.7 Å². The second kappa shape index (κ2) is 6.08. The molecule has 23 heavy (non-hydrogen) atoms. The highest BCUT2D eigenvalue weighted by Gasteiger charge is 2.11. The van der Waals surface area contributed by atoms with Crippen LogP contribution in [0.2, 0.25) is 0 Å². The Morgan fingerprint density at radius 1 is 1.04 bits per heavy atom. The molecule has 3 rings (SSSR count). The third-order valence-electron chi connectivity index (χ3n) is 4.07. The van der Waals surface area contributed by atoms with Crippen molar-refractivity contribution in [2.75, 3.05) is 5.43 Å². The zero-order valence-electron chi connectivity index (χ0n) is 14.1. The van der Waals surface area contributed by atoms with Gasteiger partial charge in [-0.25, -0.2) is 9.97 Å². The molecule has 0 saturated heterocycles. The molecule has 0 unspecified atom stereocenters. The predicted molar refractivity (Wildman–Crippen MR) is 98.8 cm³/mol. The molecule has 0 aliphatic rings. The minimum Gasteiger partial charge on any atom is -0.261 e. The molecule has 3 aromatic rings. The summed E-state index contributed by atoms with van der Waals surface area (Å²) < 4.78 is 0. The van der Waals surface area contributed by atoms with Crippen molar-refractivity contribution in [1.82, 2.24) is 9.97 Å². The summed E-state index contributed by atoms with van der Waals surface area (Å²) in [7, 11) is 0. The Hall–Kier alpha value is -2.27. The van der Waals surface area contributed by atoms with Gasteiger partial charge in [-0.05, 0) is 51.3 Å². The van der Waals surface area contributed by atoms with E-state index < -0.39 is 0 Å². The maximum atomic E-state index is 4.40. The van der Waals surface area contributed by atoms with Gasteiger partial charge in [0.15, 0.2) is 5.82 Å². The summed E-state index contributed by atoms with van der Waals surface area (Å²) in [4.78, 5) is 10.9. The Bertz CT molecular complexity index is 886. The number of aryl methyl sites for hydroxylation is 5. The largest absolute Gasteiger partial charge is 0.261 e. The third-order valence-corrected chi connectivity index (χ3v) is 5.18. The number of thiophene rings is 1. The van der Waals surface area contributed by atoms with E-state index in [-0.39, 0.29) is 0 Å². The number of benzene rings is 1. The lowest BCUT2D eigenvalue weighted by molar-refractivity contribution is 1.18. The number of nitrogens with zero attached hydrogens (tertiary/aromatic N) is 3. The molecular formula is C18H20N4S. The number of hydrogen-bond donors (Lipinski definition) is 1. The number of hydrogen-bond acceptors (Lipinski definition) is 5. The molecule has 1 aromatic carbocycles. The van der Waals surface area contributed by atoms with Gasteiger partial charge >= 0.3 is 0 Å². The number of anilines is 1. The van der Waals surface area contributed by atoms with Gasteiger partial charge in [-0.3, -0.25) is 5.43 Å². The lowest BCUT2D eigenvalue weighted by Crippen LogP contribution is -1.98. The maximum Gasteiger partial charge on any atom is 0.158 e. The van der Waals surface area contributed by atoms with Crippen molar-refractivity contribution in [3.8, 4) is 0 Å². The van der Waals surface area contributed by atoms with Crippen LogP contribution in [0.4, 0.5) is 5.82 Å². The van der Waals surface area contributed by atoms with E-state index in [2.05, 4.69) is 67.2 Å². The van der Waals surface area contributed by atoms with Gasteiger partial charge in [0.2, 0.25) is 0 Å². The van der Waals surface area contributed by atoms with E-state index in [1.165, 1.54) is 27.1 Å². The number of hydrazone groups is 1. The number of nitrogens with one attached hydrogen (secondary N) is 1. The quantitative estimate of drug-likeness (QED) is 0.562. The topological polar surface area (TPSA) is 50.2 Å². The average Bonchev–Trinajstić information content (AvgIpc) is 2.77. The van der Waals surface area contributed by atoms with Gasteiger partial charge in [0, 0.05) is 10.4 Å². The van der Waals surface area contributed by atoms with E-state index in [1.54, 1.807) is 17.7 Å². The zero-order valence-corrected chi connectivity index (χ0v) is 14.9. The van der Waals surface area contributed by atoms with E-state index in [1.807, 2.05) is 6.21 Å². The molecule has 2 heterocycles. The van der Waals surface area contributed by atoms with Crippen molar-refractivity contribution in [1.29, 1.82) is 0 Å². The Morgan fingerprint density at radius 3 is 2.43 bits per heavy atom. The van der Waals surface area contributed by atoms with E-state index in [9.17, 15) is 0 Å². The molecule has 0 spiro atoms. The first-order valence-electron chi connectivity index (χ1n) is 7.55. The smallest absolute Gasteiger partial charge is 0.158 e. The van der Waals surface area contributed by atoms with Gasteiger partial charge in [0.1, 0.15) is 11.2 Å². The summed E-state index contributed by atoms with van der Waals surface area (Å²) >= 11 is 1.69. The van der Waals surface area contributed by atoms with Crippen molar-refractivity contribution in [3.63, 3.8) is 0 Å². The van der Waals surface area contributed by atoms with Crippen molar-refractivity contribution in [3.05, 3.63) is 51.2 Å². The van der Waals surface area contributed by atoms with E-state index >= 15 is 0 Å². The SMILES string of the molecule is Cc1cc(C)c(/C=N\Nc2ncnc3sc(C)c(C)c23)c(C)c1. The summed E-state index contributed by atoms with van der Waals surface area (Å²) in [5, 5.41) is 5.46. The minimum atomic E-state index is 0.760. The van der Waals surface area contributed by atoms with Crippen LogP contribution in [0.5, 0.6) is 0 Å². The minimum absolute atomic E-state index is 0.760. The lowest BCUT2D eigenvalue weighted by Gasteiger charge is -2.07. The molecule has 0 saturated carbocycles. The summed E-state index contributed by atoms with van der Waals surface area (Å²) in [6.45, 7) is 10.5. The first-order chi connectivity index (χ1) is 11.0. The molecule has 1 N–H and O–H groups in total. The van der Waals surface area contributed by atoms with Gasteiger partial charge in [-0.2, -0.15) is 5.10 Å². The van der Waals surface area contributed by atoms with Crippen molar-refractivity contribution >= 4 is 33.6 Å². The van der Waals surface area contributed by atoms with E-state index in [4.69, 9.17) is 0 Å². The molecule has 4 nitrogen and oxygen atoms in total. The van der Waals surface area contributed by atoms with Crippen LogP contribution >= 0.6 is 11.3 Å². The van der Waals surface area contributed by atoms with Crippen molar-refractivity contribution in [2.45, 2.75) is 34.6 Å².